The third kappa shape index (κ3) is 8.53. The van der Waals surface area contributed by atoms with E-state index in [9.17, 15) is 14.3 Å². The number of carboxylic acid groups (broad SMARTS) is 1. The number of aromatic nitrogens is 2. The third-order valence-electron chi connectivity index (χ3n) is 9.67. The van der Waals surface area contributed by atoms with Crippen molar-refractivity contribution in [3.8, 4) is 0 Å². The van der Waals surface area contributed by atoms with E-state index in [1.807, 2.05) is 0 Å². The molecule has 42 heavy (non-hydrogen) atoms. The molecule has 6 rings (SSSR count). The zero-order chi connectivity index (χ0) is 29.5. The highest BCUT2D eigenvalue weighted by molar-refractivity contribution is 5.70. The number of carboxylic acids is 1. The number of likely N-dealkylation sites (tertiary alicyclic amines) is 1. The molecule has 1 aromatic heterocycles. The number of aliphatic carboxylic acids is 1. The summed E-state index contributed by atoms with van der Waals surface area (Å²) in [5.41, 5.74) is 5.23. The van der Waals surface area contributed by atoms with Crippen LogP contribution >= 0.6 is 0 Å². The fraction of sp³-hybridized carbons (Fsp3) is 0.556. The summed E-state index contributed by atoms with van der Waals surface area (Å²) in [5, 5.41) is 14.7. The molecule has 3 unspecified atom stereocenters. The van der Waals surface area contributed by atoms with Crippen molar-refractivity contribution in [2.24, 2.45) is 23.7 Å². The van der Waals surface area contributed by atoms with Crippen LogP contribution in [-0.4, -0.2) is 45.4 Å². The number of piperidine rings is 1. The topological polar surface area (TPSA) is 58.4 Å². The van der Waals surface area contributed by atoms with Gasteiger partial charge in [0.15, 0.2) is 0 Å². The first-order chi connectivity index (χ1) is 20.4. The number of carbonyl (C=O) groups is 1. The van der Waals surface area contributed by atoms with Gasteiger partial charge in [-0.15, -0.1) is 0 Å². The van der Waals surface area contributed by atoms with E-state index in [1.165, 1.54) is 66.8 Å². The Kier molecular flexibility index (Phi) is 10.5. The predicted molar refractivity (Wildman–Crippen MR) is 166 cm³/mol. The van der Waals surface area contributed by atoms with Gasteiger partial charge in [0.05, 0.1) is 11.6 Å². The van der Waals surface area contributed by atoms with Crippen LogP contribution in [0.25, 0.3) is 0 Å². The van der Waals surface area contributed by atoms with Crippen LogP contribution in [0.15, 0.2) is 60.7 Å². The van der Waals surface area contributed by atoms with E-state index in [0.717, 1.165) is 51.9 Å². The Morgan fingerprint density at radius 1 is 0.976 bits per heavy atom. The van der Waals surface area contributed by atoms with Gasteiger partial charge in [0, 0.05) is 31.1 Å². The van der Waals surface area contributed by atoms with Gasteiger partial charge in [-0.05, 0) is 107 Å². The summed E-state index contributed by atoms with van der Waals surface area (Å²) >= 11 is 0. The van der Waals surface area contributed by atoms with E-state index >= 15 is 0 Å². The summed E-state index contributed by atoms with van der Waals surface area (Å²) in [6.07, 6.45) is 10.2. The number of hydrogen-bond acceptors (Lipinski definition) is 3. The van der Waals surface area contributed by atoms with Crippen molar-refractivity contribution in [3.63, 3.8) is 0 Å². The Morgan fingerprint density at radius 2 is 1.67 bits per heavy atom. The van der Waals surface area contributed by atoms with Crippen LogP contribution in [0.3, 0.4) is 0 Å². The highest BCUT2D eigenvalue weighted by Gasteiger charge is 2.39. The molecule has 1 saturated heterocycles. The van der Waals surface area contributed by atoms with Gasteiger partial charge in [0.1, 0.15) is 5.82 Å². The lowest BCUT2D eigenvalue weighted by Gasteiger charge is -2.33. The van der Waals surface area contributed by atoms with Crippen molar-refractivity contribution in [2.75, 3.05) is 19.6 Å². The van der Waals surface area contributed by atoms with Gasteiger partial charge in [-0.1, -0.05) is 60.9 Å². The molecule has 0 bridgehead atoms. The normalized spacial score (nSPS) is 22.0. The summed E-state index contributed by atoms with van der Waals surface area (Å²) in [4.78, 5) is 14.5. The maximum Gasteiger partial charge on any atom is 0.306 e. The predicted octanol–water partition coefficient (Wildman–Crippen LogP) is 7.72. The molecule has 0 radical (unpaired) electrons. The van der Waals surface area contributed by atoms with E-state index < -0.39 is 5.97 Å². The average molecular weight is 574 g/mol. The molecular formula is C36H48FN3O2. The van der Waals surface area contributed by atoms with Gasteiger partial charge < -0.3 is 10.0 Å². The second-order valence-corrected chi connectivity index (χ2v) is 13.0. The third-order valence-corrected chi connectivity index (χ3v) is 9.67. The molecule has 3 fully saturated rings. The number of aryl methyl sites for hydroxylation is 2. The first-order valence-electron chi connectivity index (χ1n) is 16.2. The van der Waals surface area contributed by atoms with Crippen LogP contribution < -0.4 is 0 Å². The summed E-state index contributed by atoms with van der Waals surface area (Å²) in [5.74, 6) is 1.56. The van der Waals surface area contributed by atoms with Gasteiger partial charge in [-0.2, -0.15) is 5.10 Å². The zero-order valence-electron chi connectivity index (χ0n) is 25.4. The number of halogens is 1. The van der Waals surface area contributed by atoms with Gasteiger partial charge in [-0.25, -0.2) is 4.39 Å². The summed E-state index contributed by atoms with van der Waals surface area (Å²) in [6, 6.07) is 19.1. The molecule has 2 heterocycles. The molecule has 2 aliphatic carbocycles. The molecule has 0 spiro atoms. The maximum absolute atomic E-state index is 11.9. The van der Waals surface area contributed by atoms with Crippen molar-refractivity contribution < 1.29 is 14.3 Å². The largest absolute Gasteiger partial charge is 0.481 e. The monoisotopic (exact) mass is 573 g/mol. The summed E-state index contributed by atoms with van der Waals surface area (Å²) < 4.78 is 14.1. The highest BCUT2D eigenvalue weighted by Crippen LogP contribution is 2.44. The first-order valence-corrected chi connectivity index (χ1v) is 16.2. The Morgan fingerprint density at radius 3 is 2.26 bits per heavy atom. The van der Waals surface area contributed by atoms with Gasteiger partial charge in [0.25, 0.3) is 0 Å². The molecule has 1 aliphatic heterocycles. The number of rotatable bonds is 10. The smallest absolute Gasteiger partial charge is 0.306 e. The second-order valence-electron chi connectivity index (χ2n) is 13.0. The van der Waals surface area contributed by atoms with Crippen molar-refractivity contribution in [1.82, 2.24) is 14.7 Å². The summed E-state index contributed by atoms with van der Waals surface area (Å²) in [6.45, 7) is 8.72. The van der Waals surface area contributed by atoms with Crippen LogP contribution in [0.5, 0.6) is 0 Å². The molecule has 3 aromatic rings. The lowest BCUT2D eigenvalue weighted by atomic mass is 9.85. The van der Waals surface area contributed by atoms with Crippen LogP contribution in [0.2, 0.25) is 0 Å². The molecule has 3 atom stereocenters. The van der Waals surface area contributed by atoms with E-state index in [4.69, 9.17) is 5.10 Å². The Hall–Kier alpha value is -2.99. The molecule has 0 amide bonds. The first kappa shape index (κ1) is 30.5. The fourth-order valence-corrected chi connectivity index (χ4v) is 7.11. The van der Waals surface area contributed by atoms with Gasteiger partial charge in [0.2, 0.25) is 0 Å². The van der Waals surface area contributed by atoms with Gasteiger partial charge >= 0.3 is 5.97 Å². The van der Waals surface area contributed by atoms with Crippen LogP contribution in [0.1, 0.15) is 86.7 Å². The van der Waals surface area contributed by atoms with Crippen molar-refractivity contribution >= 4 is 5.97 Å². The Bertz CT molecular complexity index is 1260. The number of benzene rings is 2. The minimum Gasteiger partial charge on any atom is -0.481 e. The van der Waals surface area contributed by atoms with Gasteiger partial charge in [-0.3, -0.25) is 9.48 Å². The molecule has 5 nitrogen and oxygen atoms in total. The highest BCUT2D eigenvalue weighted by atomic mass is 19.1. The number of hydrogen-bond donors (Lipinski definition) is 1. The van der Waals surface area contributed by atoms with Crippen LogP contribution in [0.4, 0.5) is 4.39 Å². The van der Waals surface area contributed by atoms with E-state index in [1.54, 1.807) is 18.2 Å². The van der Waals surface area contributed by atoms with Crippen LogP contribution in [-0.2, 0) is 17.8 Å². The molecule has 2 saturated carbocycles. The standard InChI is InChI=1S/C30H43N3O2.C6H5F/c1-3-33-29(19-27(31-33)17-22-6-4-21(2)5-7-22)25-12-14-32(15-13-25)20-24-10-11-26(16-24)28(30(34)35)18-23-8-9-23;7-6-4-2-1-3-5-6/h4-7,19,23-26,28H,3,8-18,20H2,1-2H3,(H,34,35);1-5H. The SMILES string of the molecule is CCn1nc(Cc2ccc(C)cc2)cc1C1CCN(CC2CCC(C(CC3CC3)C(=O)O)C2)CC1.Fc1ccccc1. The fourth-order valence-electron chi connectivity index (χ4n) is 7.11. The van der Waals surface area contributed by atoms with E-state index in [0.29, 0.717) is 23.7 Å². The van der Waals surface area contributed by atoms with Crippen molar-refractivity contribution in [1.29, 1.82) is 0 Å². The van der Waals surface area contributed by atoms with E-state index in [-0.39, 0.29) is 11.7 Å². The molecule has 1 N–H and O–H groups in total. The molecular weight excluding hydrogens is 525 g/mol. The molecule has 2 aromatic carbocycles. The zero-order valence-corrected chi connectivity index (χ0v) is 25.4. The molecule has 226 valence electrons. The lowest BCUT2D eigenvalue weighted by Crippen LogP contribution is -2.36. The Labute approximate surface area is 251 Å². The molecule has 3 aliphatic rings. The van der Waals surface area contributed by atoms with Crippen molar-refractivity contribution in [3.05, 3.63) is 89.0 Å². The lowest BCUT2D eigenvalue weighted by molar-refractivity contribution is -0.144. The number of nitrogens with zero attached hydrogens (tertiary/aromatic N) is 3. The second kappa shape index (κ2) is 14.5. The minimum atomic E-state index is -0.544. The maximum atomic E-state index is 11.9. The summed E-state index contributed by atoms with van der Waals surface area (Å²) in [7, 11) is 0. The van der Waals surface area contributed by atoms with E-state index in [2.05, 4.69) is 53.8 Å². The Balaban J connectivity index is 0.000000442. The quantitative estimate of drug-likeness (QED) is 0.270. The van der Waals surface area contributed by atoms with Crippen LogP contribution in [0, 0.1) is 36.4 Å². The van der Waals surface area contributed by atoms with Crippen molar-refractivity contribution in [2.45, 2.75) is 84.1 Å². The molecule has 6 heteroatoms. The average Bonchev–Trinajstić information content (AvgIpc) is 3.55. The minimum absolute atomic E-state index is 0.0957.